The van der Waals surface area contributed by atoms with Crippen LogP contribution in [0.25, 0.3) is 0 Å². The van der Waals surface area contributed by atoms with Gasteiger partial charge in [-0.05, 0) is 6.07 Å². The molecule has 6 heteroatoms. The highest BCUT2D eigenvalue weighted by Gasteiger charge is 2.23. The summed E-state index contributed by atoms with van der Waals surface area (Å²) < 4.78 is 8.13. The lowest BCUT2D eigenvalue weighted by Gasteiger charge is -2.12. The fraction of sp³-hybridized carbons (Fsp3) is 0.333. The van der Waals surface area contributed by atoms with E-state index in [9.17, 15) is 9.59 Å². The van der Waals surface area contributed by atoms with Gasteiger partial charge in [0, 0.05) is 38.0 Å². The maximum atomic E-state index is 12.1. The minimum absolute atomic E-state index is 0.0585. The summed E-state index contributed by atoms with van der Waals surface area (Å²) in [7, 11) is 3.13. The van der Waals surface area contributed by atoms with E-state index in [1.165, 1.54) is 11.6 Å². The second kappa shape index (κ2) is 5.21. The number of nitrogens with zero attached hydrogens (tertiary/aromatic N) is 2. The molecule has 0 saturated heterocycles. The molecule has 2 heterocycles. The molecule has 3 rings (SSSR count). The fourth-order valence-electron chi connectivity index (χ4n) is 2.57. The zero-order chi connectivity index (χ0) is 15.0. The molecule has 1 aliphatic heterocycles. The molecule has 2 aromatic rings. The van der Waals surface area contributed by atoms with Crippen LogP contribution in [0.1, 0.15) is 17.2 Å². The molecule has 0 unspecified atom stereocenters. The first-order valence-electron chi connectivity index (χ1n) is 6.78. The molecule has 6 nitrogen and oxygen atoms in total. The standard InChI is InChI=1S/C15H17N3O3/c1-17-8-10(14(19)18(2)15(17)20)7-16-12-9-21-13-6-4-3-5-11(12)13/h3-6,8,12,16H,7,9H2,1-2H3/t12-/m0/s1. The number of nitrogens with one attached hydrogen (secondary N) is 1. The highest BCUT2D eigenvalue weighted by atomic mass is 16.5. The lowest BCUT2D eigenvalue weighted by Crippen LogP contribution is -2.39. The van der Waals surface area contributed by atoms with Gasteiger partial charge < -0.3 is 14.6 Å². The minimum Gasteiger partial charge on any atom is -0.491 e. The van der Waals surface area contributed by atoms with Gasteiger partial charge in [0.25, 0.3) is 5.56 Å². The summed E-state index contributed by atoms with van der Waals surface area (Å²) in [5.74, 6) is 0.878. The van der Waals surface area contributed by atoms with Gasteiger partial charge in [-0.25, -0.2) is 4.79 Å². The third-order valence-corrected chi connectivity index (χ3v) is 3.76. The number of hydrogen-bond donors (Lipinski definition) is 1. The van der Waals surface area contributed by atoms with E-state index in [0.717, 1.165) is 15.9 Å². The zero-order valence-corrected chi connectivity index (χ0v) is 12.0. The Hall–Kier alpha value is -2.34. The normalized spacial score (nSPS) is 16.6. The fourth-order valence-corrected chi connectivity index (χ4v) is 2.57. The lowest BCUT2D eigenvalue weighted by atomic mass is 10.1. The summed E-state index contributed by atoms with van der Waals surface area (Å²) in [5, 5.41) is 3.32. The minimum atomic E-state index is -0.321. The van der Waals surface area contributed by atoms with Crippen molar-refractivity contribution in [1.29, 1.82) is 0 Å². The maximum Gasteiger partial charge on any atom is 0.330 e. The first-order valence-corrected chi connectivity index (χ1v) is 6.78. The van der Waals surface area contributed by atoms with Crippen LogP contribution in [0.3, 0.4) is 0 Å². The van der Waals surface area contributed by atoms with Crippen molar-refractivity contribution in [2.24, 2.45) is 14.1 Å². The molecule has 1 atom stereocenters. The van der Waals surface area contributed by atoms with E-state index in [4.69, 9.17) is 4.74 Å². The van der Waals surface area contributed by atoms with Crippen molar-refractivity contribution in [1.82, 2.24) is 14.5 Å². The Morgan fingerprint density at radius 1 is 1.29 bits per heavy atom. The largest absolute Gasteiger partial charge is 0.491 e. The molecule has 0 aliphatic carbocycles. The van der Waals surface area contributed by atoms with Crippen molar-refractivity contribution in [3.8, 4) is 5.75 Å². The molecule has 0 fully saturated rings. The first kappa shape index (κ1) is 13.6. The van der Waals surface area contributed by atoms with Gasteiger partial charge in [-0.2, -0.15) is 0 Å². The first-order chi connectivity index (χ1) is 10.1. The van der Waals surface area contributed by atoms with Crippen LogP contribution in [0.4, 0.5) is 0 Å². The Bertz CT molecular complexity index is 791. The number of ether oxygens (including phenoxy) is 1. The molecule has 1 N–H and O–H groups in total. The summed E-state index contributed by atoms with van der Waals surface area (Å²) in [5.41, 5.74) is 1.07. The Morgan fingerprint density at radius 3 is 2.86 bits per heavy atom. The Morgan fingerprint density at radius 2 is 2.05 bits per heavy atom. The lowest BCUT2D eigenvalue weighted by molar-refractivity contribution is 0.310. The van der Waals surface area contributed by atoms with Crippen LogP contribution in [0.2, 0.25) is 0 Å². The topological polar surface area (TPSA) is 65.3 Å². The molecule has 0 spiro atoms. The summed E-state index contributed by atoms with van der Waals surface area (Å²) in [4.78, 5) is 23.7. The monoisotopic (exact) mass is 287 g/mol. The number of para-hydroxylation sites is 1. The average molecular weight is 287 g/mol. The molecule has 1 aromatic heterocycles. The Labute approximate surface area is 121 Å². The van der Waals surface area contributed by atoms with Crippen LogP contribution in [-0.4, -0.2) is 15.7 Å². The molecule has 0 saturated carbocycles. The second-order valence-electron chi connectivity index (χ2n) is 5.19. The van der Waals surface area contributed by atoms with Gasteiger partial charge in [0.15, 0.2) is 0 Å². The van der Waals surface area contributed by atoms with Gasteiger partial charge in [0.05, 0.1) is 6.04 Å². The van der Waals surface area contributed by atoms with Gasteiger partial charge in [0.1, 0.15) is 12.4 Å². The molecule has 21 heavy (non-hydrogen) atoms. The summed E-state index contributed by atoms with van der Waals surface area (Å²) >= 11 is 0. The van der Waals surface area contributed by atoms with Gasteiger partial charge in [-0.3, -0.25) is 9.36 Å². The van der Waals surface area contributed by atoms with Crippen molar-refractivity contribution in [2.75, 3.05) is 6.61 Å². The molecule has 1 aromatic carbocycles. The van der Waals surface area contributed by atoms with E-state index in [2.05, 4.69) is 5.32 Å². The third-order valence-electron chi connectivity index (χ3n) is 3.76. The maximum absolute atomic E-state index is 12.1. The molecular formula is C15H17N3O3. The van der Waals surface area contributed by atoms with Crippen LogP contribution < -0.4 is 21.3 Å². The van der Waals surface area contributed by atoms with E-state index >= 15 is 0 Å². The quantitative estimate of drug-likeness (QED) is 0.882. The number of benzene rings is 1. The van der Waals surface area contributed by atoms with Crippen LogP contribution in [0.5, 0.6) is 5.75 Å². The van der Waals surface area contributed by atoms with E-state index in [-0.39, 0.29) is 17.3 Å². The Kier molecular flexibility index (Phi) is 3.39. The summed E-state index contributed by atoms with van der Waals surface area (Å²) in [6.07, 6.45) is 1.58. The van der Waals surface area contributed by atoms with Crippen LogP contribution in [0, 0.1) is 0 Å². The number of hydrogen-bond acceptors (Lipinski definition) is 4. The number of aryl methyl sites for hydroxylation is 1. The van der Waals surface area contributed by atoms with Gasteiger partial charge >= 0.3 is 5.69 Å². The SMILES string of the molecule is Cn1cc(CN[C@H]2COc3ccccc32)c(=O)n(C)c1=O. The number of fused-ring (bicyclic) bond motifs is 1. The van der Waals surface area contributed by atoms with E-state index < -0.39 is 0 Å². The summed E-state index contributed by atoms with van der Waals surface area (Å²) in [6, 6.07) is 7.90. The third kappa shape index (κ3) is 2.38. The van der Waals surface area contributed by atoms with Crippen LogP contribution in [0.15, 0.2) is 40.1 Å². The van der Waals surface area contributed by atoms with E-state index in [1.54, 1.807) is 13.2 Å². The van der Waals surface area contributed by atoms with Crippen molar-refractivity contribution >= 4 is 0 Å². The van der Waals surface area contributed by atoms with Crippen LogP contribution >= 0.6 is 0 Å². The zero-order valence-electron chi connectivity index (χ0n) is 12.0. The van der Waals surface area contributed by atoms with Gasteiger partial charge in [-0.1, -0.05) is 18.2 Å². The van der Waals surface area contributed by atoms with Crippen molar-refractivity contribution in [3.05, 3.63) is 62.4 Å². The van der Waals surface area contributed by atoms with Gasteiger partial charge in [-0.15, -0.1) is 0 Å². The van der Waals surface area contributed by atoms with Crippen molar-refractivity contribution < 1.29 is 4.74 Å². The molecule has 1 aliphatic rings. The van der Waals surface area contributed by atoms with Crippen molar-refractivity contribution in [2.45, 2.75) is 12.6 Å². The highest BCUT2D eigenvalue weighted by Crippen LogP contribution is 2.31. The molecule has 0 radical (unpaired) electrons. The van der Waals surface area contributed by atoms with Crippen LogP contribution in [-0.2, 0) is 20.6 Å². The van der Waals surface area contributed by atoms with E-state index in [1.807, 2.05) is 24.3 Å². The van der Waals surface area contributed by atoms with Gasteiger partial charge in [0.2, 0.25) is 0 Å². The predicted molar refractivity (Wildman–Crippen MR) is 78.4 cm³/mol. The highest BCUT2D eigenvalue weighted by molar-refractivity contribution is 5.39. The van der Waals surface area contributed by atoms with E-state index in [0.29, 0.717) is 18.7 Å². The molecule has 0 bridgehead atoms. The number of aromatic nitrogens is 2. The van der Waals surface area contributed by atoms with Crippen molar-refractivity contribution in [3.63, 3.8) is 0 Å². The molecular weight excluding hydrogens is 270 g/mol. The second-order valence-corrected chi connectivity index (χ2v) is 5.19. The smallest absolute Gasteiger partial charge is 0.330 e. The molecule has 0 amide bonds. The summed E-state index contributed by atoms with van der Waals surface area (Å²) in [6.45, 7) is 0.939. The predicted octanol–water partition coefficient (Wildman–Crippen LogP) is 0.307. The Balaban J connectivity index is 1.81. The average Bonchev–Trinajstić information content (AvgIpc) is 2.91. The molecule has 110 valence electrons. The number of rotatable bonds is 3.